The van der Waals surface area contributed by atoms with Gasteiger partial charge in [0.1, 0.15) is 17.1 Å². The lowest BCUT2D eigenvalue weighted by Gasteiger charge is -2.16. The molecule has 0 bridgehead atoms. The van der Waals surface area contributed by atoms with Gasteiger partial charge in [0, 0.05) is 22.7 Å². The van der Waals surface area contributed by atoms with E-state index in [1.807, 2.05) is 26.0 Å². The third-order valence-electron chi connectivity index (χ3n) is 4.90. The molecule has 146 valence electrons. The second-order valence-corrected chi connectivity index (χ2v) is 7.21. The number of carbonyl (C=O) groups is 1. The monoisotopic (exact) mass is 389 g/mol. The number of halogens is 1. The second-order valence-electron chi connectivity index (χ2n) is 6.77. The molecule has 4 nitrogen and oxygen atoms in total. The van der Waals surface area contributed by atoms with Crippen LogP contribution in [-0.4, -0.2) is 5.91 Å². The molecule has 0 atom stereocenters. The lowest BCUT2D eigenvalue weighted by Crippen LogP contribution is -2.26. The molecule has 0 saturated carbocycles. The average Bonchev–Trinajstić information content (AvgIpc) is 2.65. The van der Waals surface area contributed by atoms with Gasteiger partial charge >= 0.3 is 0 Å². The Labute approximate surface area is 165 Å². The Morgan fingerprint density at radius 1 is 1.11 bits per heavy atom. The summed E-state index contributed by atoms with van der Waals surface area (Å²) in [6, 6.07) is 3.72. The van der Waals surface area contributed by atoms with Crippen molar-refractivity contribution in [3.05, 3.63) is 61.2 Å². The van der Waals surface area contributed by atoms with Crippen LogP contribution in [0.15, 0.2) is 21.3 Å². The van der Waals surface area contributed by atoms with Gasteiger partial charge < -0.3 is 9.73 Å². The third-order valence-corrected chi connectivity index (χ3v) is 5.12. The molecule has 2 aromatic rings. The van der Waals surface area contributed by atoms with Gasteiger partial charge in [-0.1, -0.05) is 38.8 Å². The first kappa shape index (κ1) is 21.2. The first-order valence-electron chi connectivity index (χ1n) is 9.59. The predicted octanol–water partition coefficient (Wildman–Crippen LogP) is 5.63. The van der Waals surface area contributed by atoms with E-state index < -0.39 is 5.91 Å². The molecule has 0 radical (unpaired) electrons. The number of unbranched alkanes of at least 4 members (excludes halogenated alkanes) is 1. The van der Waals surface area contributed by atoms with Crippen LogP contribution in [0.25, 0.3) is 0 Å². The summed E-state index contributed by atoms with van der Waals surface area (Å²) in [5.41, 5.74) is 2.99. The van der Waals surface area contributed by atoms with E-state index in [4.69, 9.17) is 16.0 Å². The Kier molecular flexibility index (Phi) is 7.25. The molecule has 0 unspecified atom stereocenters. The van der Waals surface area contributed by atoms with E-state index in [0.717, 1.165) is 42.5 Å². The standard InChI is InChI=1S/C22H28ClNO3/c1-6-9-10-18-19(21(25)13(4)14(5)27-18)22(26)24-20-15(7-2)11-17(23)12-16(20)8-3/h11-12H,6-10H2,1-5H3,(H,24,26). The quantitative estimate of drug-likeness (QED) is 0.667. The number of hydrogen-bond acceptors (Lipinski definition) is 3. The summed E-state index contributed by atoms with van der Waals surface area (Å²) >= 11 is 6.20. The van der Waals surface area contributed by atoms with Crippen LogP contribution in [0, 0.1) is 13.8 Å². The number of benzene rings is 1. The van der Waals surface area contributed by atoms with E-state index in [1.165, 1.54) is 0 Å². The molecule has 5 heteroatoms. The number of nitrogens with one attached hydrogen (secondary N) is 1. The molecule has 2 rings (SSSR count). The first-order chi connectivity index (χ1) is 12.8. The van der Waals surface area contributed by atoms with Crippen LogP contribution in [0.1, 0.15) is 72.2 Å². The number of hydrogen-bond donors (Lipinski definition) is 1. The molecular formula is C22H28ClNO3. The fraction of sp³-hybridized carbons (Fsp3) is 0.455. The van der Waals surface area contributed by atoms with Gasteiger partial charge in [0.05, 0.1) is 0 Å². The molecule has 1 amide bonds. The number of carbonyl (C=O) groups excluding carboxylic acids is 1. The summed E-state index contributed by atoms with van der Waals surface area (Å²) in [5, 5.41) is 3.62. The van der Waals surface area contributed by atoms with Gasteiger partial charge in [0.15, 0.2) is 0 Å². The summed E-state index contributed by atoms with van der Waals surface area (Å²) in [7, 11) is 0. The molecule has 1 aromatic heterocycles. The van der Waals surface area contributed by atoms with Crippen LogP contribution in [-0.2, 0) is 19.3 Å². The fourth-order valence-electron chi connectivity index (χ4n) is 3.15. The van der Waals surface area contributed by atoms with E-state index >= 15 is 0 Å². The summed E-state index contributed by atoms with van der Waals surface area (Å²) in [6.07, 6.45) is 3.83. The highest BCUT2D eigenvalue weighted by atomic mass is 35.5. The molecule has 0 aliphatic heterocycles. The Hall–Kier alpha value is -2.07. The van der Waals surface area contributed by atoms with Crippen LogP contribution in [0.4, 0.5) is 5.69 Å². The van der Waals surface area contributed by atoms with E-state index in [9.17, 15) is 9.59 Å². The number of rotatable bonds is 7. The second kappa shape index (κ2) is 9.23. The maximum Gasteiger partial charge on any atom is 0.263 e. The van der Waals surface area contributed by atoms with Crippen molar-refractivity contribution in [1.29, 1.82) is 0 Å². The smallest absolute Gasteiger partial charge is 0.263 e. The molecule has 27 heavy (non-hydrogen) atoms. The molecule has 1 heterocycles. The molecule has 1 aromatic carbocycles. The zero-order valence-electron chi connectivity index (χ0n) is 16.8. The highest BCUT2D eigenvalue weighted by molar-refractivity contribution is 6.30. The minimum absolute atomic E-state index is 0.116. The largest absolute Gasteiger partial charge is 0.465 e. The van der Waals surface area contributed by atoms with Gasteiger partial charge in [0.25, 0.3) is 5.91 Å². The molecule has 0 aliphatic carbocycles. The fourth-order valence-corrected chi connectivity index (χ4v) is 3.41. The normalized spacial score (nSPS) is 10.9. The van der Waals surface area contributed by atoms with Gasteiger partial charge in [-0.2, -0.15) is 0 Å². The maximum absolute atomic E-state index is 13.1. The molecule has 0 fully saturated rings. The third kappa shape index (κ3) is 4.62. The summed E-state index contributed by atoms with van der Waals surface area (Å²) in [4.78, 5) is 25.9. The SMILES string of the molecule is CCCCc1oc(C)c(C)c(=O)c1C(=O)Nc1c(CC)cc(Cl)cc1CC. The average molecular weight is 390 g/mol. The summed E-state index contributed by atoms with van der Waals surface area (Å²) in [5.74, 6) is 0.620. The Bertz CT molecular complexity index is 874. The molecular weight excluding hydrogens is 362 g/mol. The van der Waals surface area contributed by atoms with Crippen LogP contribution in [0.2, 0.25) is 5.02 Å². The summed E-state index contributed by atoms with van der Waals surface area (Å²) < 4.78 is 5.83. The zero-order chi connectivity index (χ0) is 20.1. The lowest BCUT2D eigenvalue weighted by molar-refractivity contribution is 0.102. The van der Waals surface area contributed by atoms with Crippen molar-refractivity contribution in [1.82, 2.24) is 0 Å². The van der Waals surface area contributed by atoms with Crippen molar-refractivity contribution in [2.45, 2.75) is 66.7 Å². The summed E-state index contributed by atoms with van der Waals surface area (Å²) in [6.45, 7) is 9.54. The molecule has 0 saturated heterocycles. The zero-order valence-corrected chi connectivity index (χ0v) is 17.5. The van der Waals surface area contributed by atoms with E-state index in [2.05, 4.69) is 12.2 Å². The highest BCUT2D eigenvalue weighted by Crippen LogP contribution is 2.28. The van der Waals surface area contributed by atoms with Crippen LogP contribution < -0.4 is 10.7 Å². The molecule has 0 spiro atoms. The van der Waals surface area contributed by atoms with Gasteiger partial charge in [-0.15, -0.1) is 0 Å². The van der Waals surface area contributed by atoms with Gasteiger partial charge in [-0.05, 0) is 56.4 Å². The van der Waals surface area contributed by atoms with Gasteiger partial charge in [0.2, 0.25) is 5.43 Å². The number of aryl methyl sites for hydroxylation is 4. The topological polar surface area (TPSA) is 59.3 Å². The first-order valence-corrected chi connectivity index (χ1v) is 9.97. The van der Waals surface area contributed by atoms with Gasteiger partial charge in [-0.3, -0.25) is 9.59 Å². The van der Waals surface area contributed by atoms with Crippen LogP contribution in [0.3, 0.4) is 0 Å². The maximum atomic E-state index is 13.1. The van der Waals surface area contributed by atoms with E-state index in [-0.39, 0.29) is 11.0 Å². The van der Waals surface area contributed by atoms with E-state index in [0.29, 0.717) is 28.5 Å². The van der Waals surface area contributed by atoms with E-state index in [1.54, 1.807) is 13.8 Å². The van der Waals surface area contributed by atoms with Crippen molar-refractivity contribution in [3.63, 3.8) is 0 Å². The highest BCUT2D eigenvalue weighted by Gasteiger charge is 2.22. The Balaban J connectivity index is 2.54. The lowest BCUT2D eigenvalue weighted by atomic mass is 10.0. The van der Waals surface area contributed by atoms with Crippen molar-refractivity contribution < 1.29 is 9.21 Å². The number of amides is 1. The predicted molar refractivity (Wildman–Crippen MR) is 111 cm³/mol. The Morgan fingerprint density at radius 2 is 1.70 bits per heavy atom. The van der Waals surface area contributed by atoms with Crippen molar-refractivity contribution in [2.24, 2.45) is 0 Å². The minimum Gasteiger partial charge on any atom is -0.465 e. The van der Waals surface area contributed by atoms with Gasteiger partial charge in [-0.25, -0.2) is 0 Å². The van der Waals surface area contributed by atoms with Crippen LogP contribution >= 0.6 is 11.6 Å². The minimum atomic E-state index is -0.412. The Morgan fingerprint density at radius 3 is 2.22 bits per heavy atom. The molecule has 0 aliphatic rings. The number of anilines is 1. The van der Waals surface area contributed by atoms with Crippen molar-refractivity contribution in [2.75, 3.05) is 5.32 Å². The van der Waals surface area contributed by atoms with Crippen molar-refractivity contribution in [3.8, 4) is 0 Å². The van der Waals surface area contributed by atoms with Crippen LogP contribution in [0.5, 0.6) is 0 Å². The molecule has 1 N–H and O–H groups in total. The van der Waals surface area contributed by atoms with Crippen molar-refractivity contribution >= 4 is 23.2 Å².